The van der Waals surface area contributed by atoms with E-state index in [-0.39, 0.29) is 10.8 Å². The van der Waals surface area contributed by atoms with Gasteiger partial charge < -0.3 is 15.2 Å². The molecule has 0 bridgehead atoms. The number of hydrogen-bond acceptors (Lipinski definition) is 4. The Bertz CT molecular complexity index is 1270. The van der Waals surface area contributed by atoms with Gasteiger partial charge in [0, 0.05) is 35.9 Å². The first-order valence-electron chi connectivity index (χ1n) is 10.4. The van der Waals surface area contributed by atoms with Gasteiger partial charge in [0.1, 0.15) is 6.04 Å². The van der Waals surface area contributed by atoms with Crippen LogP contribution in [0.2, 0.25) is 5.02 Å². The smallest absolute Gasteiger partial charge is 0.245 e. The highest BCUT2D eigenvalue weighted by Crippen LogP contribution is 2.28. The Kier molecular flexibility index (Phi) is 5.26. The fraction of sp³-hybridized carbons (Fsp3) is 0.318. The zero-order valence-electron chi connectivity index (χ0n) is 16.8. The molecular weight excluding hydrogens is 436 g/mol. The van der Waals surface area contributed by atoms with Crippen LogP contribution in [0.1, 0.15) is 24.0 Å². The molecule has 1 amide bonds. The Labute approximate surface area is 185 Å². The third-order valence-electron chi connectivity index (χ3n) is 6.03. The Hall–Kier alpha value is -2.39. The Balaban J connectivity index is 1.35. The lowest BCUT2D eigenvalue weighted by Crippen LogP contribution is -2.41. The third kappa shape index (κ3) is 3.85. The van der Waals surface area contributed by atoms with E-state index >= 15 is 0 Å². The van der Waals surface area contributed by atoms with E-state index in [1.807, 2.05) is 6.07 Å². The van der Waals surface area contributed by atoms with E-state index in [4.69, 9.17) is 11.6 Å². The van der Waals surface area contributed by atoms with Crippen LogP contribution in [-0.2, 0) is 27.8 Å². The van der Waals surface area contributed by atoms with Gasteiger partial charge in [-0.25, -0.2) is 8.42 Å². The number of anilines is 1. The molecule has 162 valence electrons. The number of nitrogens with zero attached hydrogens (tertiary/aromatic N) is 1. The van der Waals surface area contributed by atoms with Gasteiger partial charge in [-0.3, -0.25) is 4.79 Å². The Morgan fingerprint density at radius 1 is 1.13 bits per heavy atom. The maximum absolute atomic E-state index is 13.0. The van der Waals surface area contributed by atoms with Gasteiger partial charge in [0.25, 0.3) is 0 Å². The van der Waals surface area contributed by atoms with Crippen molar-refractivity contribution in [2.24, 2.45) is 0 Å². The fourth-order valence-electron chi connectivity index (χ4n) is 4.35. The van der Waals surface area contributed by atoms with E-state index < -0.39 is 16.1 Å². The van der Waals surface area contributed by atoms with E-state index in [0.29, 0.717) is 23.5 Å². The van der Waals surface area contributed by atoms with Gasteiger partial charge in [0.2, 0.25) is 15.9 Å². The van der Waals surface area contributed by atoms with Crippen molar-refractivity contribution in [3.8, 4) is 0 Å². The molecule has 9 heteroatoms. The second-order valence-corrected chi connectivity index (χ2v) is 10.2. The number of nitrogens with one attached hydrogen (secondary N) is 3. The van der Waals surface area contributed by atoms with Gasteiger partial charge in [0.05, 0.1) is 9.92 Å². The summed E-state index contributed by atoms with van der Waals surface area (Å²) < 4.78 is 28.4. The van der Waals surface area contributed by atoms with Crippen molar-refractivity contribution in [2.75, 3.05) is 18.0 Å². The average molecular weight is 459 g/mol. The number of halogens is 1. The molecule has 3 N–H and O–H groups in total. The first-order valence-corrected chi connectivity index (χ1v) is 12.2. The largest absolute Gasteiger partial charge is 0.360 e. The lowest BCUT2D eigenvalue weighted by molar-refractivity contribution is -0.118. The van der Waals surface area contributed by atoms with Crippen LogP contribution in [0, 0.1) is 0 Å². The van der Waals surface area contributed by atoms with E-state index in [9.17, 15) is 13.2 Å². The molecule has 31 heavy (non-hydrogen) atoms. The van der Waals surface area contributed by atoms with Gasteiger partial charge in [0.15, 0.2) is 0 Å². The number of aromatic nitrogens is 1. The van der Waals surface area contributed by atoms with Gasteiger partial charge in [-0.15, -0.1) is 0 Å². The number of rotatable bonds is 4. The molecule has 1 aromatic heterocycles. The molecule has 0 aliphatic carbocycles. The molecule has 0 saturated carbocycles. The van der Waals surface area contributed by atoms with Gasteiger partial charge in [-0.05, 0) is 67.3 Å². The standard InChI is InChI=1S/C22H23ClN4O3S/c23-19-13-25-21-11-17(5-6-18(19)21)31(29,30)26-20-7-9-27(22(20)28)16-4-3-15-12-24-8-1-2-14(15)10-16/h3-6,10-11,13,20,24-26H,1-2,7-9,12H2/t20-/m0/s1. The third-order valence-corrected chi connectivity index (χ3v) is 7.81. The number of carbonyl (C=O) groups is 1. The molecule has 2 aliphatic heterocycles. The Morgan fingerprint density at radius 3 is 2.87 bits per heavy atom. The van der Waals surface area contributed by atoms with Crippen LogP contribution in [0.25, 0.3) is 10.9 Å². The predicted octanol–water partition coefficient (Wildman–Crippen LogP) is 2.94. The first-order chi connectivity index (χ1) is 14.9. The lowest BCUT2D eigenvalue weighted by atomic mass is 10.0. The molecule has 5 rings (SSSR count). The van der Waals surface area contributed by atoms with Crippen LogP contribution in [-0.4, -0.2) is 38.4 Å². The topological polar surface area (TPSA) is 94.3 Å². The highest BCUT2D eigenvalue weighted by Gasteiger charge is 2.36. The van der Waals surface area contributed by atoms with E-state index in [1.165, 1.54) is 23.3 Å². The summed E-state index contributed by atoms with van der Waals surface area (Å²) in [7, 11) is -3.85. The minimum absolute atomic E-state index is 0.0993. The van der Waals surface area contributed by atoms with E-state index in [0.717, 1.165) is 37.0 Å². The van der Waals surface area contributed by atoms with Gasteiger partial charge in [-0.2, -0.15) is 4.72 Å². The maximum Gasteiger partial charge on any atom is 0.245 e. The molecule has 0 spiro atoms. The normalized spacial score (nSPS) is 19.6. The molecule has 1 saturated heterocycles. The second-order valence-electron chi connectivity index (χ2n) is 8.03. The molecule has 0 radical (unpaired) electrons. The number of amides is 1. The van der Waals surface area contributed by atoms with Gasteiger partial charge in [-0.1, -0.05) is 17.7 Å². The number of benzene rings is 2. The molecule has 3 heterocycles. The van der Waals surface area contributed by atoms with Crippen LogP contribution in [0.4, 0.5) is 5.69 Å². The molecule has 1 atom stereocenters. The lowest BCUT2D eigenvalue weighted by Gasteiger charge is -2.19. The summed E-state index contributed by atoms with van der Waals surface area (Å²) in [6.45, 7) is 2.30. The summed E-state index contributed by atoms with van der Waals surface area (Å²) >= 11 is 6.07. The molecule has 2 aromatic carbocycles. The molecule has 7 nitrogen and oxygen atoms in total. The van der Waals surface area contributed by atoms with Crippen LogP contribution >= 0.6 is 11.6 Å². The number of H-pyrrole nitrogens is 1. The van der Waals surface area contributed by atoms with Crippen molar-refractivity contribution in [2.45, 2.75) is 36.7 Å². The summed E-state index contributed by atoms with van der Waals surface area (Å²) in [6, 6.07) is 9.99. The fourth-order valence-corrected chi connectivity index (χ4v) is 5.82. The summed E-state index contributed by atoms with van der Waals surface area (Å²) in [5.41, 5.74) is 3.96. The minimum atomic E-state index is -3.85. The number of carbonyl (C=O) groups excluding carboxylic acids is 1. The van der Waals surface area contributed by atoms with Crippen molar-refractivity contribution in [3.63, 3.8) is 0 Å². The molecule has 3 aromatic rings. The Morgan fingerprint density at radius 2 is 2.00 bits per heavy atom. The first kappa shape index (κ1) is 20.5. The maximum atomic E-state index is 13.0. The zero-order chi connectivity index (χ0) is 21.6. The summed E-state index contributed by atoms with van der Waals surface area (Å²) in [4.78, 5) is 17.8. The zero-order valence-corrected chi connectivity index (χ0v) is 18.4. The van der Waals surface area contributed by atoms with E-state index in [2.05, 4.69) is 27.2 Å². The molecule has 2 aliphatic rings. The summed E-state index contributed by atoms with van der Waals surface area (Å²) in [6.07, 6.45) is 4.07. The number of hydrogen-bond donors (Lipinski definition) is 3. The van der Waals surface area contributed by atoms with Crippen molar-refractivity contribution in [1.29, 1.82) is 0 Å². The highest BCUT2D eigenvalue weighted by molar-refractivity contribution is 7.89. The van der Waals surface area contributed by atoms with Crippen LogP contribution in [0.3, 0.4) is 0 Å². The van der Waals surface area contributed by atoms with E-state index in [1.54, 1.807) is 17.2 Å². The molecule has 0 unspecified atom stereocenters. The van der Waals surface area contributed by atoms with Crippen molar-refractivity contribution in [1.82, 2.24) is 15.0 Å². The number of fused-ring (bicyclic) bond motifs is 2. The van der Waals surface area contributed by atoms with Crippen molar-refractivity contribution < 1.29 is 13.2 Å². The highest BCUT2D eigenvalue weighted by atomic mass is 35.5. The minimum Gasteiger partial charge on any atom is -0.360 e. The predicted molar refractivity (Wildman–Crippen MR) is 121 cm³/mol. The van der Waals surface area contributed by atoms with Crippen LogP contribution in [0.5, 0.6) is 0 Å². The number of aryl methyl sites for hydroxylation is 1. The van der Waals surface area contributed by atoms with Crippen molar-refractivity contribution in [3.05, 3.63) is 58.7 Å². The van der Waals surface area contributed by atoms with Crippen LogP contribution in [0.15, 0.2) is 47.5 Å². The summed E-state index contributed by atoms with van der Waals surface area (Å²) in [5, 5.41) is 4.68. The molecule has 1 fully saturated rings. The number of sulfonamides is 1. The average Bonchev–Trinajstić information content (AvgIpc) is 3.20. The molecular formula is C22H23ClN4O3S. The van der Waals surface area contributed by atoms with Crippen molar-refractivity contribution >= 4 is 44.1 Å². The SMILES string of the molecule is O=C1[C@@H](NS(=O)(=O)c2ccc3c(Cl)c[nH]c3c2)CCN1c1ccc2c(c1)CCCNC2. The quantitative estimate of drug-likeness (QED) is 0.560. The second kappa shape index (κ2) is 7.94. The van der Waals surface area contributed by atoms with Gasteiger partial charge >= 0.3 is 0 Å². The number of aromatic amines is 1. The summed E-state index contributed by atoms with van der Waals surface area (Å²) in [5.74, 6) is -0.223. The van der Waals surface area contributed by atoms with Crippen LogP contribution < -0.4 is 14.9 Å². The monoisotopic (exact) mass is 458 g/mol.